The van der Waals surface area contributed by atoms with Crippen molar-refractivity contribution < 1.29 is 18.7 Å². The number of halogens is 2. The molecule has 0 bridgehead atoms. The van der Waals surface area contributed by atoms with Crippen molar-refractivity contribution in [1.82, 2.24) is 24.7 Å². The van der Waals surface area contributed by atoms with Crippen LogP contribution in [-0.2, 0) is 11.3 Å². The van der Waals surface area contributed by atoms with E-state index in [2.05, 4.69) is 15.5 Å². The summed E-state index contributed by atoms with van der Waals surface area (Å²) in [5.41, 5.74) is -1.02. The fraction of sp³-hybridized carbons (Fsp3) is 0.667. The summed E-state index contributed by atoms with van der Waals surface area (Å²) < 4.78 is 29.2. The van der Waals surface area contributed by atoms with Crippen molar-refractivity contribution in [1.29, 1.82) is 0 Å². The number of amides is 1. The van der Waals surface area contributed by atoms with E-state index in [1.54, 1.807) is 6.92 Å². The number of aromatic nitrogens is 4. The predicted molar refractivity (Wildman–Crippen MR) is 95.4 cm³/mol. The first-order valence-electron chi connectivity index (χ1n) is 9.37. The molecule has 0 saturated heterocycles. The number of hydrogen-bond donors (Lipinski definition) is 2. The SMILES string of the molecule is CC(C)c1nn(CC(=O)N[C@H]2C[C@@](C)(O)C2)c(=O)c2cc(C3CC3(F)F)nn12. The van der Waals surface area contributed by atoms with Gasteiger partial charge in [0.05, 0.1) is 17.2 Å². The fourth-order valence-electron chi connectivity index (χ4n) is 3.75. The highest BCUT2D eigenvalue weighted by Crippen LogP contribution is 2.55. The Kier molecular flexibility index (Phi) is 4.11. The average Bonchev–Trinajstić information content (AvgIpc) is 2.99. The molecular weight excluding hydrogens is 372 g/mol. The highest BCUT2D eigenvalue weighted by atomic mass is 19.3. The van der Waals surface area contributed by atoms with Crippen molar-refractivity contribution >= 4 is 11.4 Å². The molecule has 1 atom stereocenters. The first-order chi connectivity index (χ1) is 13.0. The number of rotatable bonds is 5. The molecule has 4 rings (SSSR count). The quantitative estimate of drug-likeness (QED) is 0.791. The van der Waals surface area contributed by atoms with Gasteiger partial charge in [-0.3, -0.25) is 9.59 Å². The van der Waals surface area contributed by atoms with Crippen molar-refractivity contribution in [3.05, 3.63) is 27.9 Å². The summed E-state index contributed by atoms with van der Waals surface area (Å²) in [5.74, 6) is -3.86. The lowest BCUT2D eigenvalue weighted by Crippen LogP contribution is -2.54. The molecule has 2 heterocycles. The van der Waals surface area contributed by atoms with Gasteiger partial charge in [0.15, 0.2) is 5.82 Å². The van der Waals surface area contributed by atoms with E-state index >= 15 is 0 Å². The molecule has 2 aliphatic rings. The summed E-state index contributed by atoms with van der Waals surface area (Å²) in [6.07, 6.45) is 0.640. The molecule has 8 nitrogen and oxygen atoms in total. The monoisotopic (exact) mass is 395 g/mol. The van der Waals surface area contributed by atoms with E-state index in [1.807, 2.05) is 13.8 Å². The van der Waals surface area contributed by atoms with Gasteiger partial charge >= 0.3 is 0 Å². The van der Waals surface area contributed by atoms with E-state index in [0.717, 1.165) is 4.68 Å². The van der Waals surface area contributed by atoms with Gasteiger partial charge in [-0.15, -0.1) is 0 Å². The van der Waals surface area contributed by atoms with Crippen LogP contribution in [0.3, 0.4) is 0 Å². The number of carbonyl (C=O) groups excluding carboxylic acids is 1. The third-order valence-corrected chi connectivity index (χ3v) is 5.35. The predicted octanol–water partition coefficient (Wildman–Crippen LogP) is 1.17. The van der Waals surface area contributed by atoms with Crippen molar-refractivity contribution in [3.63, 3.8) is 0 Å². The molecule has 10 heteroatoms. The van der Waals surface area contributed by atoms with Gasteiger partial charge in [0.25, 0.3) is 11.5 Å². The van der Waals surface area contributed by atoms with E-state index in [4.69, 9.17) is 0 Å². The smallest absolute Gasteiger partial charge is 0.293 e. The molecule has 152 valence electrons. The van der Waals surface area contributed by atoms with Crippen molar-refractivity contribution in [2.45, 2.75) is 76.0 Å². The average molecular weight is 395 g/mol. The lowest BCUT2D eigenvalue weighted by molar-refractivity contribution is -0.125. The molecule has 2 N–H and O–H groups in total. The number of carbonyl (C=O) groups is 1. The maximum atomic E-state index is 13.4. The second kappa shape index (κ2) is 6.07. The maximum absolute atomic E-state index is 13.4. The standard InChI is InChI=1S/C18H23F2N5O3/c1-9(2)15-23-24(8-14(26)21-10-5-17(3,28)6-10)16(27)13-4-12(22-25(13)15)11-7-18(11,19)20/h4,9-11,28H,5-8H2,1-3H3,(H,21,26)/t10-,11?,17+. The minimum absolute atomic E-state index is 0.133. The van der Waals surface area contributed by atoms with E-state index < -0.39 is 23.0 Å². The number of nitrogens with zero attached hydrogens (tertiary/aromatic N) is 4. The Hall–Kier alpha value is -2.36. The lowest BCUT2D eigenvalue weighted by Gasteiger charge is -2.41. The zero-order chi connectivity index (χ0) is 20.4. The van der Waals surface area contributed by atoms with Crippen LogP contribution in [0.15, 0.2) is 10.9 Å². The topological polar surface area (TPSA) is 102 Å². The normalized spacial score (nSPS) is 28.4. The van der Waals surface area contributed by atoms with Crippen LogP contribution < -0.4 is 10.9 Å². The summed E-state index contributed by atoms with van der Waals surface area (Å²) in [6.45, 7) is 5.11. The van der Waals surface area contributed by atoms with Crippen LogP contribution in [0.4, 0.5) is 8.78 Å². The van der Waals surface area contributed by atoms with Gasteiger partial charge in [0.1, 0.15) is 12.1 Å². The third-order valence-electron chi connectivity index (χ3n) is 5.35. The van der Waals surface area contributed by atoms with Crippen LogP contribution in [0.1, 0.15) is 63.4 Å². The first-order valence-corrected chi connectivity index (χ1v) is 9.37. The molecule has 2 aromatic rings. The Morgan fingerprint density at radius 1 is 1.36 bits per heavy atom. The molecule has 2 aromatic heterocycles. The highest BCUT2D eigenvalue weighted by molar-refractivity contribution is 5.76. The van der Waals surface area contributed by atoms with Crippen LogP contribution in [0.2, 0.25) is 0 Å². The lowest BCUT2D eigenvalue weighted by atomic mass is 9.77. The zero-order valence-electron chi connectivity index (χ0n) is 15.9. The molecule has 0 spiro atoms. The molecule has 2 fully saturated rings. The van der Waals surface area contributed by atoms with Crippen molar-refractivity contribution in [2.24, 2.45) is 0 Å². The van der Waals surface area contributed by atoms with Gasteiger partial charge in [-0.1, -0.05) is 13.8 Å². The van der Waals surface area contributed by atoms with Gasteiger partial charge in [0, 0.05) is 18.4 Å². The Labute approximate surface area is 159 Å². The summed E-state index contributed by atoms with van der Waals surface area (Å²) in [5, 5.41) is 21.0. The van der Waals surface area contributed by atoms with E-state index in [1.165, 1.54) is 10.6 Å². The molecule has 0 radical (unpaired) electrons. The number of fused-ring (bicyclic) bond motifs is 1. The molecule has 1 amide bonds. The maximum Gasteiger partial charge on any atom is 0.293 e. The van der Waals surface area contributed by atoms with Gasteiger partial charge in [-0.2, -0.15) is 10.2 Å². The molecule has 2 aliphatic carbocycles. The van der Waals surface area contributed by atoms with Crippen LogP contribution >= 0.6 is 0 Å². The second-order valence-electron chi connectivity index (χ2n) is 8.53. The molecule has 1 unspecified atom stereocenters. The minimum atomic E-state index is -2.79. The molecule has 0 aromatic carbocycles. The summed E-state index contributed by atoms with van der Waals surface area (Å²) >= 11 is 0. The van der Waals surface area contributed by atoms with Crippen LogP contribution in [-0.4, -0.2) is 48.0 Å². The van der Waals surface area contributed by atoms with Crippen LogP contribution in [0, 0.1) is 0 Å². The first kappa shape index (κ1) is 19.0. The molecular formula is C18H23F2N5O3. The largest absolute Gasteiger partial charge is 0.390 e. The molecule has 2 saturated carbocycles. The van der Waals surface area contributed by atoms with Gasteiger partial charge in [-0.25, -0.2) is 18.0 Å². The van der Waals surface area contributed by atoms with Crippen molar-refractivity contribution in [2.75, 3.05) is 0 Å². The van der Waals surface area contributed by atoms with Crippen LogP contribution in [0.5, 0.6) is 0 Å². The Balaban J connectivity index is 1.62. The van der Waals surface area contributed by atoms with Gasteiger partial charge in [0.2, 0.25) is 5.91 Å². The third kappa shape index (κ3) is 3.30. The minimum Gasteiger partial charge on any atom is -0.390 e. The van der Waals surface area contributed by atoms with Gasteiger partial charge < -0.3 is 10.4 Å². The number of nitrogens with one attached hydrogen (secondary N) is 1. The summed E-state index contributed by atoms with van der Waals surface area (Å²) in [4.78, 5) is 25.1. The number of aliphatic hydroxyl groups is 1. The molecule has 0 aliphatic heterocycles. The number of alkyl halides is 2. The summed E-state index contributed by atoms with van der Waals surface area (Å²) in [7, 11) is 0. The van der Waals surface area contributed by atoms with E-state index in [0.29, 0.717) is 18.7 Å². The van der Waals surface area contributed by atoms with Crippen LogP contribution in [0.25, 0.3) is 5.52 Å². The zero-order valence-corrected chi connectivity index (χ0v) is 15.9. The summed E-state index contributed by atoms with van der Waals surface area (Å²) in [6, 6.07) is 1.24. The second-order valence-corrected chi connectivity index (χ2v) is 8.53. The Morgan fingerprint density at radius 3 is 2.54 bits per heavy atom. The number of hydrogen-bond acceptors (Lipinski definition) is 5. The fourth-order valence-corrected chi connectivity index (χ4v) is 3.75. The van der Waals surface area contributed by atoms with Gasteiger partial charge in [-0.05, 0) is 25.8 Å². The highest BCUT2D eigenvalue weighted by Gasteiger charge is 2.59. The van der Waals surface area contributed by atoms with E-state index in [9.17, 15) is 23.5 Å². The van der Waals surface area contributed by atoms with E-state index in [-0.39, 0.29) is 42.0 Å². The Bertz CT molecular complexity index is 1000. The Morgan fingerprint density at radius 2 is 2.00 bits per heavy atom. The molecule has 28 heavy (non-hydrogen) atoms. The van der Waals surface area contributed by atoms with Crippen molar-refractivity contribution in [3.8, 4) is 0 Å².